The van der Waals surface area contributed by atoms with E-state index in [4.69, 9.17) is 24.1 Å². The molecule has 0 saturated heterocycles. The Labute approximate surface area is 170 Å². The number of rotatable bonds is 6. The van der Waals surface area contributed by atoms with Gasteiger partial charge in [0.2, 0.25) is 12.6 Å². The van der Waals surface area contributed by atoms with Crippen LogP contribution in [0.1, 0.15) is 22.8 Å². The zero-order chi connectivity index (χ0) is 21.3. The van der Waals surface area contributed by atoms with Crippen LogP contribution < -0.4 is 24.3 Å². The van der Waals surface area contributed by atoms with Gasteiger partial charge in [-0.2, -0.15) is 0 Å². The minimum atomic E-state index is -1.14. The Morgan fingerprint density at radius 3 is 2.77 bits per heavy atom. The molecule has 0 fully saturated rings. The van der Waals surface area contributed by atoms with Crippen LogP contribution >= 0.6 is 0 Å². The second kappa shape index (κ2) is 7.78. The van der Waals surface area contributed by atoms with E-state index >= 15 is 0 Å². The molecule has 2 heterocycles. The number of amides is 1. The molecule has 4 rings (SSSR count). The number of nitrogens with one attached hydrogen (secondary N) is 1. The summed E-state index contributed by atoms with van der Waals surface area (Å²) in [6.45, 7) is 1.14. The maximum atomic E-state index is 12.6. The Morgan fingerprint density at radius 2 is 1.97 bits per heavy atom. The number of carboxylic acids is 1. The Hall–Kier alpha value is -4.01. The normalized spacial score (nSPS) is 16.0. The van der Waals surface area contributed by atoms with E-state index in [1.807, 2.05) is 0 Å². The maximum Gasteiger partial charge on any atom is 0.325 e. The van der Waals surface area contributed by atoms with Crippen LogP contribution in [0.5, 0.6) is 23.0 Å². The number of carbonyl (C=O) groups is 3. The zero-order valence-electron chi connectivity index (χ0n) is 15.8. The summed E-state index contributed by atoms with van der Waals surface area (Å²) in [5.41, 5.74) is 1.09. The summed E-state index contributed by atoms with van der Waals surface area (Å²) >= 11 is 0. The van der Waals surface area contributed by atoms with Crippen molar-refractivity contribution in [3.05, 3.63) is 53.3 Å². The Morgan fingerprint density at radius 1 is 1.17 bits per heavy atom. The third kappa shape index (κ3) is 3.90. The molecule has 0 aromatic heterocycles. The molecule has 2 N–H and O–H groups in total. The van der Waals surface area contributed by atoms with Crippen molar-refractivity contribution in [2.24, 2.45) is 0 Å². The average Bonchev–Trinajstić information content (AvgIpc) is 3.30. The van der Waals surface area contributed by atoms with Crippen LogP contribution in [-0.2, 0) is 9.59 Å². The topological polar surface area (TPSA) is 120 Å². The van der Waals surface area contributed by atoms with Crippen molar-refractivity contribution in [2.45, 2.75) is 13.0 Å². The first-order valence-corrected chi connectivity index (χ1v) is 9.03. The number of carboxylic acid groups (broad SMARTS) is 1. The van der Waals surface area contributed by atoms with Crippen LogP contribution in [-0.4, -0.2) is 42.2 Å². The number of allylic oxidation sites excluding steroid dienone is 1. The summed E-state index contributed by atoms with van der Waals surface area (Å²) in [7, 11) is 0. The molecule has 2 aliphatic heterocycles. The van der Waals surface area contributed by atoms with Crippen molar-refractivity contribution in [2.75, 3.05) is 13.4 Å². The van der Waals surface area contributed by atoms with Gasteiger partial charge in [0.1, 0.15) is 17.5 Å². The monoisotopic (exact) mass is 411 g/mol. The van der Waals surface area contributed by atoms with E-state index in [2.05, 4.69) is 5.32 Å². The molecule has 9 nitrogen and oxygen atoms in total. The molecule has 2 aromatic carbocycles. The Bertz CT molecular complexity index is 1070. The highest BCUT2D eigenvalue weighted by Gasteiger charge is 2.28. The van der Waals surface area contributed by atoms with Gasteiger partial charge in [-0.25, -0.2) is 0 Å². The first-order chi connectivity index (χ1) is 14.4. The molecule has 0 radical (unpaired) electrons. The third-order valence-electron chi connectivity index (χ3n) is 4.45. The number of benzene rings is 2. The van der Waals surface area contributed by atoms with Crippen molar-refractivity contribution < 1.29 is 38.4 Å². The molecule has 0 spiro atoms. The Kier molecular flexibility index (Phi) is 5.01. The molecule has 2 aromatic rings. The van der Waals surface area contributed by atoms with Crippen LogP contribution in [0.25, 0.3) is 6.08 Å². The first-order valence-electron chi connectivity index (χ1n) is 9.03. The van der Waals surface area contributed by atoms with E-state index in [0.29, 0.717) is 28.6 Å². The second-order valence-electron chi connectivity index (χ2n) is 6.63. The summed E-state index contributed by atoms with van der Waals surface area (Å²) in [5.74, 6) is 0.00520. The van der Waals surface area contributed by atoms with Gasteiger partial charge in [0.05, 0.1) is 5.56 Å². The van der Waals surface area contributed by atoms with Crippen molar-refractivity contribution in [1.82, 2.24) is 5.32 Å². The van der Waals surface area contributed by atoms with Gasteiger partial charge in [-0.15, -0.1) is 0 Å². The lowest BCUT2D eigenvalue weighted by atomic mass is 10.1. The number of aliphatic carboxylic acids is 1. The molecule has 154 valence electrons. The van der Waals surface area contributed by atoms with Crippen molar-refractivity contribution in [1.29, 1.82) is 0 Å². The average molecular weight is 411 g/mol. The molecule has 0 unspecified atom stereocenters. The quantitative estimate of drug-likeness (QED) is 0.693. The molecule has 2 aliphatic rings. The van der Waals surface area contributed by atoms with E-state index in [1.165, 1.54) is 19.1 Å². The summed E-state index contributed by atoms with van der Waals surface area (Å²) in [4.78, 5) is 35.1. The van der Waals surface area contributed by atoms with E-state index in [-0.39, 0.29) is 24.9 Å². The smallest absolute Gasteiger partial charge is 0.325 e. The fourth-order valence-electron chi connectivity index (χ4n) is 2.91. The van der Waals surface area contributed by atoms with Crippen molar-refractivity contribution >= 4 is 23.7 Å². The highest BCUT2D eigenvalue weighted by Crippen LogP contribution is 2.37. The standard InChI is InChI=1S/C21H17NO8/c1-11(21(25)26)22-19(23)9-27-13-3-4-14-16(8-13)30-18(20(14)24)7-12-2-5-15-17(6-12)29-10-28-15/h2-8,11H,9-10H2,1H3,(H,22,23)(H,25,26)/b18-7-/t11-/m0/s1. The number of Topliss-reactive ketones (excluding diaryl/α,β-unsaturated/α-hetero) is 1. The number of ketones is 1. The van der Waals surface area contributed by atoms with Crippen LogP contribution in [0.4, 0.5) is 0 Å². The predicted octanol–water partition coefficient (Wildman–Crippen LogP) is 2.00. The second-order valence-corrected chi connectivity index (χ2v) is 6.63. The lowest BCUT2D eigenvalue weighted by molar-refractivity contribution is -0.141. The maximum absolute atomic E-state index is 12.6. The number of ether oxygens (including phenoxy) is 4. The fraction of sp³-hybridized carbons (Fsp3) is 0.190. The van der Waals surface area contributed by atoms with Gasteiger partial charge in [-0.05, 0) is 42.8 Å². The highest BCUT2D eigenvalue weighted by atomic mass is 16.7. The van der Waals surface area contributed by atoms with E-state index in [0.717, 1.165) is 5.56 Å². The Balaban J connectivity index is 1.43. The van der Waals surface area contributed by atoms with Gasteiger partial charge in [-0.3, -0.25) is 14.4 Å². The van der Waals surface area contributed by atoms with Gasteiger partial charge in [0.25, 0.3) is 5.91 Å². The minimum absolute atomic E-state index is 0.147. The number of hydrogen-bond donors (Lipinski definition) is 2. The summed E-state index contributed by atoms with van der Waals surface area (Å²) in [5, 5.41) is 11.1. The third-order valence-corrected chi connectivity index (χ3v) is 4.45. The fourth-order valence-corrected chi connectivity index (χ4v) is 2.91. The predicted molar refractivity (Wildman–Crippen MR) is 103 cm³/mol. The van der Waals surface area contributed by atoms with E-state index in [9.17, 15) is 14.4 Å². The number of hydrogen-bond acceptors (Lipinski definition) is 7. The first kappa shape index (κ1) is 19.3. The van der Waals surface area contributed by atoms with Crippen molar-refractivity contribution in [3.63, 3.8) is 0 Å². The lowest BCUT2D eigenvalue weighted by Crippen LogP contribution is -2.40. The van der Waals surface area contributed by atoms with Gasteiger partial charge in [-0.1, -0.05) is 6.07 Å². The van der Waals surface area contributed by atoms with Crippen LogP contribution in [0.2, 0.25) is 0 Å². The number of fused-ring (bicyclic) bond motifs is 2. The van der Waals surface area contributed by atoms with E-state index < -0.39 is 17.9 Å². The summed E-state index contributed by atoms with van der Waals surface area (Å²) in [6.07, 6.45) is 1.60. The van der Waals surface area contributed by atoms with Gasteiger partial charge in [0.15, 0.2) is 23.9 Å². The van der Waals surface area contributed by atoms with E-state index in [1.54, 1.807) is 30.3 Å². The molecular formula is C21H17NO8. The number of carbonyl (C=O) groups excluding carboxylic acids is 2. The highest BCUT2D eigenvalue weighted by molar-refractivity contribution is 6.14. The molecule has 30 heavy (non-hydrogen) atoms. The SMILES string of the molecule is C[C@H](NC(=O)COc1ccc2c(c1)O/C(=C\c1ccc3c(c1)OCO3)C2=O)C(=O)O. The molecule has 0 bridgehead atoms. The molecule has 1 atom stereocenters. The molecule has 0 saturated carbocycles. The van der Waals surface area contributed by atoms with Crippen molar-refractivity contribution in [3.8, 4) is 23.0 Å². The molecule has 9 heteroatoms. The summed E-state index contributed by atoms with van der Waals surface area (Å²) < 4.78 is 21.6. The minimum Gasteiger partial charge on any atom is -0.484 e. The molecule has 0 aliphatic carbocycles. The largest absolute Gasteiger partial charge is 0.484 e. The van der Waals surface area contributed by atoms with Crippen LogP contribution in [0.15, 0.2) is 42.2 Å². The summed E-state index contributed by atoms with van der Waals surface area (Å²) in [6, 6.07) is 8.85. The van der Waals surface area contributed by atoms with Gasteiger partial charge in [0, 0.05) is 6.07 Å². The zero-order valence-corrected chi connectivity index (χ0v) is 15.8. The molecular weight excluding hydrogens is 394 g/mol. The van der Waals surface area contributed by atoms with Gasteiger partial charge < -0.3 is 29.4 Å². The van der Waals surface area contributed by atoms with Crippen LogP contribution in [0, 0.1) is 0 Å². The van der Waals surface area contributed by atoms with Gasteiger partial charge >= 0.3 is 5.97 Å². The molecule has 1 amide bonds. The lowest BCUT2D eigenvalue weighted by Gasteiger charge is -2.10. The van der Waals surface area contributed by atoms with Crippen LogP contribution in [0.3, 0.4) is 0 Å².